The summed E-state index contributed by atoms with van der Waals surface area (Å²) in [5.41, 5.74) is -1.10. The molecule has 0 unspecified atom stereocenters. The van der Waals surface area contributed by atoms with Crippen LogP contribution in [0.1, 0.15) is 120 Å². The molecule has 294 valence electrons. The Labute approximate surface area is 305 Å². The molecule has 51 heavy (non-hydrogen) atoms. The summed E-state index contributed by atoms with van der Waals surface area (Å²) in [6.07, 6.45) is 5.85. The van der Waals surface area contributed by atoms with Crippen molar-refractivity contribution < 1.29 is 53.3 Å². The molecule has 6 aliphatic heterocycles. The number of carboxylic acids is 1. The van der Waals surface area contributed by atoms with E-state index in [0.717, 1.165) is 51.4 Å². The van der Waals surface area contributed by atoms with Crippen LogP contribution in [0, 0.1) is 41.4 Å². The summed E-state index contributed by atoms with van der Waals surface area (Å²) in [5.74, 6) is -3.26. The van der Waals surface area contributed by atoms with Crippen molar-refractivity contribution in [1.82, 2.24) is 0 Å². The first-order valence-electron chi connectivity index (χ1n) is 20.0. The molecular formula is C40H68O11. The van der Waals surface area contributed by atoms with E-state index in [0.29, 0.717) is 6.42 Å². The molecule has 0 aliphatic carbocycles. The molecule has 0 bridgehead atoms. The first-order valence-corrected chi connectivity index (χ1v) is 20.0. The zero-order valence-corrected chi connectivity index (χ0v) is 32.8. The third kappa shape index (κ3) is 7.19. The minimum absolute atomic E-state index is 0.00727. The minimum atomic E-state index is -1.55. The van der Waals surface area contributed by atoms with Gasteiger partial charge in [-0.2, -0.15) is 0 Å². The second-order valence-electron chi connectivity index (χ2n) is 18.4. The first kappa shape index (κ1) is 39.8. The predicted octanol–water partition coefficient (Wildman–Crippen LogP) is 5.71. The second-order valence-corrected chi connectivity index (χ2v) is 18.4. The number of hydrogen-bond donors (Lipinski definition) is 3. The molecule has 0 aromatic carbocycles. The average molecular weight is 725 g/mol. The highest BCUT2D eigenvalue weighted by Gasteiger charge is 2.65. The average Bonchev–Trinajstić information content (AvgIpc) is 3.75. The van der Waals surface area contributed by atoms with Gasteiger partial charge in [-0.15, -0.1) is 0 Å². The number of aliphatic carboxylic acids is 1. The molecule has 6 rings (SSSR count). The van der Waals surface area contributed by atoms with Crippen molar-refractivity contribution in [2.75, 3.05) is 13.7 Å². The normalized spacial score (nSPS) is 54.2. The van der Waals surface area contributed by atoms with Gasteiger partial charge in [0.15, 0.2) is 11.6 Å². The topological polar surface area (TPSA) is 142 Å². The van der Waals surface area contributed by atoms with Gasteiger partial charge in [-0.05, 0) is 83.5 Å². The quantitative estimate of drug-likeness (QED) is 0.269. The predicted molar refractivity (Wildman–Crippen MR) is 189 cm³/mol. The number of carbonyl (C=O) groups is 1. The van der Waals surface area contributed by atoms with Crippen molar-refractivity contribution in [1.29, 1.82) is 0 Å². The minimum Gasteiger partial charge on any atom is -0.481 e. The van der Waals surface area contributed by atoms with Crippen molar-refractivity contribution in [3.05, 3.63) is 0 Å². The number of hydrogen-bond acceptors (Lipinski definition) is 10. The molecule has 0 saturated carbocycles. The highest BCUT2D eigenvalue weighted by Crippen LogP contribution is 2.57. The van der Waals surface area contributed by atoms with Gasteiger partial charge in [0, 0.05) is 37.7 Å². The Bertz CT molecular complexity index is 1230. The summed E-state index contributed by atoms with van der Waals surface area (Å²) >= 11 is 0. The summed E-state index contributed by atoms with van der Waals surface area (Å²) in [6, 6.07) is 0. The van der Waals surface area contributed by atoms with Crippen LogP contribution in [0.5, 0.6) is 0 Å². The lowest BCUT2D eigenvalue weighted by Crippen LogP contribution is -2.58. The number of ether oxygens (including phenoxy) is 7. The number of aliphatic hydroxyl groups is 2. The molecule has 0 amide bonds. The van der Waals surface area contributed by atoms with E-state index in [4.69, 9.17) is 33.2 Å². The van der Waals surface area contributed by atoms with E-state index in [2.05, 4.69) is 48.5 Å². The van der Waals surface area contributed by atoms with Gasteiger partial charge in [0.05, 0.1) is 72.6 Å². The van der Waals surface area contributed by atoms with Gasteiger partial charge in [-0.25, -0.2) is 0 Å². The van der Waals surface area contributed by atoms with Gasteiger partial charge in [-0.3, -0.25) is 4.79 Å². The number of carboxylic acid groups (broad SMARTS) is 1. The van der Waals surface area contributed by atoms with Gasteiger partial charge >= 0.3 is 5.97 Å². The van der Waals surface area contributed by atoms with Gasteiger partial charge in [-0.1, -0.05) is 41.5 Å². The van der Waals surface area contributed by atoms with Crippen molar-refractivity contribution in [3.8, 4) is 0 Å². The first-order chi connectivity index (χ1) is 23.9. The van der Waals surface area contributed by atoms with Crippen LogP contribution in [-0.2, 0) is 38.0 Å². The van der Waals surface area contributed by atoms with Gasteiger partial charge < -0.3 is 48.5 Å². The fourth-order valence-electron chi connectivity index (χ4n) is 11.3. The van der Waals surface area contributed by atoms with Crippen molar-refractivity contribution in [2.45, 2.75) is 192 Å². The zero-order valence-electron chi connectivity index (χ0n) is 32.8. The van der Waals surface area contributed by atoms with E-state index < -0.39 is 41.3 Å². The molecule has 6 heterocycles. The standard InChI is InChI=1S/C40H68O11/c1-21-11-12-28(46-33(21)26(6)36(42)43)17-29-18-30(45-10)27(7)40(48-29)25(5)19-38(9,51-40)32-13-14-37(8,49-32)35-23(3)16-31(47-35)34-22(2)15-24(4)39(44,20-41)50-34/h21-35,41,44H,11-20H2,1-10H3,(H,42,43)/t21-,22+,23-,24-,25-,26+,27-,28+,29+,30-,31+,32+,33-,34+,35-,37+,38+,39+,40-/m1/s1. The maximum absolute atomic E-state index is 11.8. The Morgan fingerprint density at radius 2 is 1.59 bits per heavy atom. The number of methoxy groups -OCH3 is 1. The van der Waals surface area contributed by atoms with Crippen LogP contribution in [0.15, 0.2) is 0 Å². The third-order valence-corrected chi connectivity index (χ3v) is 14.4. The van der Waals surface area contributed by atoms with Crippen LogP contribution in [0.4, 0.5) is 0 Å². The van der Waals surface area contributed by atoms with Crippen molar-refractivity contribution in [3.63, 3.8) is 0 Å². The Balaban J connectivity index is 1.13. The van der Waals surface area contributed by atoms with E-state index in [1.54, 1.807) is 14.0 Å². The maximum Gasteiger partial charge on any atom is 0.308 e. The Morgan fingerprint density at radius 3 is 2.25 bits per heavy atom. The molecule has 0 aromatic rings. The summed E-state index contributed by atoms with van der Waals surface area (Å²) in [4.78, 5) is 11.8. The zero-order chi connectivity index (χ0) is 37.3. The lowest BCUT2D eigenvalue weighted by atomic mass is 9.78. The van der Waals surface area contributed by atoms with E-state index in [-0.39, 0.29) is 84.3 Å². The SMILES string of the molecule is CO[C@@H]1C[C@H](C[C@@H]2CC[C@@H](C)[C@H]([C@H](C)C(=O)O)O2)O[C@]2(O[C@](C)([C@@H]3CC[C@@](C)([C@@H]4O[C@H]([C@H]5O[C@@](O)(CO)[C@H](C)C[C@@H]5C)C[C@H]4C)O3)C[C@H]2C)[C@@H]1C. The third-order valence-electron chi connectivity index (χ3n) is 14.4. The smallest absolute Gasteiger partial charge is 0.308 e. The van der Waals surface area contributed by atoms with Crippen molar-refractivity contribution >= 4 is 5.97 Å². The van der Waals surface area contributed by atoms with Gasteiger partial charge in [0.1, 0.15) is 0 Å². The molecule has 6 fully saturated rings. The molecular weight excluding hydrogens is 656 g/mol. The van der Waals surface area contributed by atoms with E-state index in [9.17, 15) is 20.1 Å². The summed E-state index contributed by atoms with van der Waals surface area (Å²) in [6.45, 7) is 18.4. The molecule has 1 spiro atoms. The largest absolute Gasteiger partial charge is 0.481 e. The molecule has 0 aromatic heterocycles. The van der Waals surface area contributed by atoms with Crippen molar-refractivity contribution in [2.24, 2.45) is 41.4 Å². The van der Waals surface area contributed by atoms with Crippen LogP contribution >= 0.6 is 0 Å². The van der Waals surface area contributed by atoms with E-state index >= 15 is 0 Å². The molecule has 6 saturated heterocycles. The number of rotatable bonds is 9. The lowest BCUT2D eigenvalue weighted by molar-refractivity contribution is -0.353. The fraction of sp³-hybridized carbons (Fsp3) is 0.975. The highest BCUT2D eigenvalue weighted by atomic mass is 16.7. The Morgan fingerprint density at radius 1 is 0.863 bits per heavy atom. The highest BCUT2D eigenvalue weighted by molar-refractivity contribution is 5.70. The van der Waals surface area contributed by atoms with Crippen LogP contribution in [-0.4, -0.2) is 107 Å². The maximum atomic E-state index is 11.8. The van der Waals surface area contributed by atoms with Crippen LogP contribution in [0.3, 0.4) is 0 Å². The molecule has 6 aliphatic rings. The molecule has 19 atom stereocenters. The monoisotopic (exact) mass is 724 g/mol. The number of aliphatic hydroxyl groups excluding tert-OH is 1. The second kappa shape index (κ2) is 14.6. The summed E-state index contributed by atoms with van der Waals surface area (Å²) in [7, 11) is 1.77. The summed E-state index contributed by atoms with van der Waals surface area (Å²) in [5, 5.41) is 30.7. The van der Waals surface area contributed by atoms with E-state index in [1.165, 1.54) is 0 Å². The fourth-order valence-corrected chi connectivity index (χ4v) is 11.3. The van der Waals surface area contributed by atoms with Crippen LogP contribution in [0.2, 0.25) is 0 Å². The Hall–Kier alpha value is -0.890. The molecule has 0 radical (unpaired) electrons. The summed E-state index contributed by atoms with van der Waals surface area (Å²) < 4.78 is 47.0. The molecule has 11 heteroatoms. The molecule has 11 nitrogen and oxygen atoms in total. The van der Waals surface area contributed by atoms with Crippen LogP contribution < -0.4 is 0 Å². The van der Waals surface area contributed by atoms with Gasteiger partial charge in [0.2, 0.25) is 0 Å². The molecule has 3 N–H and O–H groups in total. The lowest BCUT2D eigenvalue weighted by Gasteiger charge is -2.50. The van der Waals surface area contributed by atoms with E-state index in [1.807, 2.05) is 6.92 Å². The van der Waals surface area contributed by atoms with Crippen LogP contribution in [0.25, 0.3) is 0 Å². The van der Waals surface area contributed by atoms with Gasteiger partial charge in [0.25, 0.3) is 0 Å². The Kier molecular flexibility index (Phi) is 11.4.